The number of ether oxygens (including phenoxy) is 1. The van der Waals surface area contributed by atoms with Gasteiger partial charge in [-0.2, -0.15) is 0 Å². The van der Waals surface area contributed by atoms with Gasteiger partial charge >= 0.3 is 0 Å². The second kappa shape index (κ2) is 9.58. The highest BCUT2D eigenvalue weighted by atomic mass is 35.5. The monoisotopic (exact) mass is 355 g/mol. The van der Waals surface area contributed by atoms with Crippen molar-refractivity contribution in [2.45, 2.75) is 32.9 Å². The van der Waals surface area contributed by atoms with E-state index in [0.29, 0.717) is 11.5 Å². The van der Waals surface area contributed by atoms with Gasteiger partial charge in [-0.05, 0) is 20.8 Å². The third-order valence-electron chi connectivity index (χ3n) is 3.26. The van der Waals surface area contributed by atoms with Crippen LogP contribution in [0.4, 0.5) is 0 Å². The maximum Gasteiger partial charge on any atom is 0.265 e. The summed E-state index contributed by atoms with van der Waals surface area (Å²) in [4.78, 5) is 19.4. The summed E-state index contributed by atoms with van der Waals surface area (Å²) in [6, 6.07) is 0.233. The van der Waals surface area contributed by atoms with Crippen LogP contribution in [0.1, 0.15) is 41.6 Å². The largest absolute Gasteiger partial charge is 0.372 e. The van der Waals surface area contributed by atoms with E-state index in [0.717, 1.165) is 24.6 Å². The highest BCUT2D eigenvalue weighted by Gasteiger charge is 2.26. The molecule has 1 amide bonds. The number of nitrogens with one attached hydrogen (secondary N) is 1. The lowest BCUT2D eigenvalue weighted by molar-refractivity contribution is 0.0660. The zero-order valence-electron chi connectivity index (χ0n) is 12.5. The molecular formula is C13H23Cl2N3O2S. The van der Waals surface area contributed by atoms with E-state index in [1.807, 2.05) is 18.7 Å². The Morgan fingerprint density at radius 3 is 2.95 bits per heavy atom. The average molecular weight is 356 g/mol. The quantitative estimate of drug-likeness (QED) is 0.901. The van der Waals surface area contributed by atoms with E-state index in [4.69, 9.17) is 4.74 Å². The molecule has 122 valence electrons. The van der Waals surface area contributed by atoms with Crippen molar-refractivity contribution in [1.29, 1.82) is 0 Å². The Morgan fingerprint density at radius 2 is 2.33 bits per heavy atom. The molecule has 1 saturated heterocycles. The number of aromatic nitrogens is 1. The summed E-state index contributed by atoms with van der Waals surface area (Å²) in [5.74, 6) is 0.0847. The molecule has 2 atom stereocenters. The molecule has 0 bridgehead atoms. The van der Waals surface area contributed by atoms with Crippen molar-refractivity contribution in [1.82, 2.24) is 15.2 Å². The predicted molar refractivity (Wildman–Crippen MR) is 90.0 cm³/mol. The number of piperazine rings is 1. The highest BCUT2D eigenvalue weighted by molar-refractivity contribution is 7.13. The van der Waals surface area contributed by atoms with Crippen molar-refractivity contribution in [3.8, 4) is 0 Å². The molecule has 1 unspecified atom stereocenters. The van der Waals surface area contributed by atoms with Crippen LogP contribution in [0, 0.1) is 0 Å². The Balaban J connectivity index is 0.00000200. The lowest BCUT2D eigenvalue weighted by Crippen LogP contribution is -2.52. The first-order valence-electron chi connectivity index (χ1n) is 6.72. The van der Waals surface area contributed by atoms with E-state index >= 15 is 0 Å². The van der Waals surface area contributed by atoms with Crippen molar-refractivity contribution in [3.05, 3.63) is 16.1 Å². The predicted octanol–water partition coefficient (Wildman–Crippen LogP) is 2.52. The number of rotatable bonds is 4. The number of thiazole rings is 1. The minimum absolute atomic E-state index is 0. The maximum absolute atomic E-state index is 12.4. The van der Waals surface area contributed by atoms with Crippen LogP contribution in [0.15, 0.2) is 6.20 Å². The Bertz CT molecular complexity index is 445. The van der Waals surface area contributed by atoms with Crippen molar-refractivity contribution >= 4 is 42.1 Å². The molecule has 0 spiro atoms. The molecule has 21 heavy (non-hydrogen) atoms. The van der Waals surface area contributed by atoms with Crippen LogP contribution in [0.25, 0.3) is 0 Å². The van der Waals surface area contributed by atoms with E-state index in [9.17, 15) is 4.79 Å². The van der Waals surface area contributed by atoms with Crippen LogP contribution in [0.5, 0.6) is 0 Å². The van der Waals surface area contributed by atoms with Gasteiger partial charge in [0.2, 0.25) is 0 Å². The molecule has 8 heteroatoms. The summed E-state index contributed by atoms with van der Waals surface area (Å²) in [6.45, 7) is 9.11. The summed E-state index contributed by atoms with van der Waals surface area (Å²) in [5, 5.41) is 4.15. The van der Waals surface area contributed by atoms with Crippen LogP contribution in [0.3, 0.4) is 0 Å². The van der Waals surface area contributed by atoms with E-state index in [1.165, 1.54) is 11.3 Å². The normalized spacial score (nSPS) is 19.4. The van der Waals surface area contributed by atoms with E-state index < -0.39 is 0 Å². The molecule has 0 saturated carbocycles. The molecule has 1 aromatic heterocycles. The van der Waals surface area contributed by atoms with Gasteiger partial charge in [0.1, 0.15) is 16.0 Å². The van der Waals surface area contributed by atoms with Crippen LogP contribution < -0.4 is 5.32 Å². The van der Waals surface area contributed by atoms with E-state index in [1.54, 1.807) is 6.20 Å². The number of amides is 1. The van der Waals surface area contributed by atoms with Gasteiger partial charge in [0, 0.05) is 32.3 Å². The molecule has 2 rings (SSSR count). The lowest BCUT2D eigenvalue weighted by atomic mass is 10.2. The molecule has 1 fully saturated rings. The minimum atomic E-state index is -0.0444. The minimum Gasteiger partial charge on any atom is -0.372 e. The number of halogens is 2. The molecule has 1 aliphatic heterocycles. The van der Waals surface area contributed by atoms with Crippen molar-refractivity contribution in [3.63, 3.8) is 0 Å². The number of nitrogens with zero attached hydrogens (tertiary/aromatic N) is 2. The fraction of sp³-hybridized carbons (Fsp3) is 0.692. The van der Waals surface area contributed by atoms with Crippen molar-refractivity contribution < 1.29 is 9.53 Å². The molecule has 5 nitrogen and oxygen atoms in total. The summed E-state index contributed by atoms with van der Waals surface area (Å²) in [5.41, 5.74) is 0. The Labute approximate surface area is 142 Å². The van der Waals surface area contributed by atoms with Crippen LogP contribution in [-0.2, 0) is 4.74 Å². The first kappa shape index (κ1) is 20.6. The van der Waals surface area contributed by atoms with Gasteiger partial charge in [-0.25, -0.2) is 4.98 Å². The summed E-state index contributed by atoms with van der Waals surface area (Å²) < 4.78 is 5.50. The third-order valence-corrected chi connectivity index (χ3v) is 4.41. The average Bonchev–Trinajstić information content (AvgIpc) is 2.88. The molecule has 1 aromatic rings. The second-order valence-corrected chi connectivity index (χ2v) is 5.77. The van der Waals surface area contributed by atoms with Gasteiger partial charge in [-0.15, -0.1) is 36.2 Å². The zero-order chi connectivity index (χ0) is 13.8. The molecule has 0 aromatic carbocycles. The van der Waals surface area contributed by atoms with Gasteiger partial charge < -0.3 is 15.0 Å². The van der Waals surface area contributed by atoms with E-state index in [-0.39, 0.29) is 42.9 Å². The Hall–Kier alpha value is -0.400. The fourth-order valence-electron chi connectivity index (χ4n) is 2.18. The van der Waals surface area contributed by atoms with Crippen molar-refractivity contribution in [2.75, 3.05) is 26.2 Å². The highest BCUT2D eigenvalue weighted by Crippen LogP contribution is 2.24. The van der Waals surface area contributed by atoms with Crippen LogP contribution in [0.2, 0.25) is 0 Å². The Morgan fingerprint density at radius 1 is 1.62 bits per heavy atom. The second-order valence-electron chi connectivity index (χ2n) is 4.71. The number of carbonyl (C=O) groups is 1. The molecule has 2 heterocycles. The maximum atomic E-state index is 12.4. The van der Waals surface area contributed by atoms with Crippen molar-refractivity contribution in [2.24, 2.45) is 0 Å². The fourth-order valence-corrected chi connectivity index (χ4v) is 3.05. The first-order chi connectivity index (χ1) is 9.13. The topological polar surface area (TPSA) is 54.5 Å². The molecular weight excluding hydrogens is 333 g/mol. The smallest absolute Gasteiger partial charge is 0.265 e. The zero-order valence-corrected chi connectivity index (χ0v) is 14.9. The lowest BCUT2D eigenvalue weighted by Gasteiger charge is -2.33. The van der Waals surface area contributed by atoms with E-state index in [2.05, 4.69) is 17.2 Å². The third kappa shape index (κ3) is 5.07. The molecule has 0 radical (unpaired) electrons. The number of carbonyl (C=O) groups excluding carboxylic acids is 1. The number of hydrogen-bond donors (Lipinski definition) is 1. The van der Waals surface area contributed by atoms with Gasteiger partial charge in [0.05, 0.1) is 6.20 Å². The Kier molecular flexibility index (Phi) is 9.40. The molecule has 1 aliphatic rings. The van der Waals surface area contributed by atoms with Gasteiger partial charge in [-0.3, -0.25) is 4.79 Å². The summed E-state index contributed by atoms with van der Waals surface area (Å²) >= 11 is 1.44. The summed E-state index contributed by atoms with van der Waals surface area (Å²) in [7, 11) is 0. The summed E-state index contributed by atoms with van der Waals surface area (Å²) in [6.07, 6.45) is 1.63. The van der Waals surface area contributed by atoms with Gasteiger partial charge in [-0.1, -0.05) is 0 Å². The van der Waals surface area contributed by atoms with Gasteiger partial charge in [0.25, 0.3) is 5.91 Å². The molecule has 1 N–H and O–H groups in total. The number of hydrogen-bond acceptors (Lipinski definition) is 5. The van der Waals surface area contributed by atoms with Gasteiger partial charge in [0.15, 0.2) is 0 Å². The first-order valence-corrected chi connectivity index (χ1v) is 7.54. The molecule has 0 aliphatic carbocycles. The van der Waals surface area contributed by atoms with Crippen LogP contribution in [-0.4, -0.2) is 48.1 Å². The SMILES string of the molecule is CCOC(C)c1ncc(C(=O)N2CCNC[C@H]2C)s1.Cl.Cl. The van der Waals surface area contributed by atoms with Crippen LogP contribution >= 0.6 is 36.2 Å². The standard InChI is InChI=1S/C13H21N3O2S.2ClH/c1-4-18-10(3)12-15-8-11(19-12)13(17)16-6-5-14-7-9(16)2;;/h8-10,14H,4-7H2,1-3H3;2*1H/t9-,10?;;/m1../s1.